The molecule has 0 unspecified atom stereocenters. The highest BCUT2D eigenvalue weighted by Crippen LogP contribution is 2.39. The lowest BCUT2D eigenvalue weighted by Gasteiger charge is -2.04. The maximum Gasteiger partial charge on any atom is 0.128 e. The van der Waals surface area contributed by atoms with Crippen molar-refractivity contribution in [2.45, 2.75) is 6.92 Å². The molecule has 0 spiro atoms. The Kier molecular flexibility index (Phi) is 3.35. The summed E-state index contributed by atoms with van der Waals surface area (Å²) in [5.41, 5.74) is 2.08. The third-order valence-electron chi connectivity index (χ3n) is 2.88. The van der Waals surface area contributed by atoms with Crippen molar-refractivity contribution in [3.05, 3.63) is 44.1 Å². The van der Waals surface area contributed by atoms with Crippen molar-refractivity contribution in [3.8, 4) is 11.1 Å². The normalized spacial score (nSPS) is 11.1. The van der Waals surface area contributed by atoms with Gasteiger partial charge in [-0.1, -0.05) is 41.5 Å². The van der Waals surface area contributed by atoms with Gasteiger partial charge in [0.05, 0.1) is 21.8 Å². The standard InChI is InChI=1S/C13H8Cl2N2S2/c1-6-10(7-2-3-8(14)9(15)4-7)11-12(18)16-5-17-13(11)19-6/h2-5H,1H3,(H,16,17,18). The van der Waals surface area contributed by atoms with Gasteiger partial charge in [-0.3, -0.25) is 0 Å². The van der Waals surface area contributed by atoms with E-state index in [1.807, 2.05) is 12.1 Å². The highest BCUT2D eigenvalue weighted by molar-refractivity contribution is 7.71. The predicted octanol–water partition coefficient (Wildman–Crippen LogP) is 5.64. The maximum atomic E-state index is 6.10. The van der Waals surface area contributed by atoms with E-state index in [4.69, 9.17) is 35.4 Å². The van der Waals surface area contributed by atoms with Crippen molar-refractivity contribution < 1.29 is 0 Å². The maximum absolute atomic E-state index is 6.10. The third-order valence-corrected chi connectivity index (χ3v) is 4.95. The molecular weight excluding hydrogens is 319 g/mol. The molecule has 0 saturated carbocycles. The van der Waals surface area contributed by atoms with Crippen LogP contribution in [-0.4, -0.2) is 9.97 Å². The van der Waals surface area contributed by atoms with Crippen molar-refractivity contribution in [2.24, 2.45) is 0 Å². The molecule has 0 fully saturated rings. The molecule has 2 nitrogen and oxygen atoms in total. The van der Waals surface area contributed by atoms with E-state index in [0.717, 1.165) is 26.2 Å². The molecular formula is C13H8Cl2N2S2. The molecule has 0 bridgehead atoms. The molecule has 0 radical (unpaired) electrons. The van der Waals surface area contributed by atoms with Crippen molar-refractivity contribution in [3.63, 3.8) is 0 Å². The molecule has 2 aromatic heterocycles. The zero-order valence-corrected chi connectivity index (χ0v) is 13.0. The minimum atomic E-state index is 0.539. The second kappa shape index (κ2) is 4.87. The number of aryl methyl sites for hydroxylation is 1. The van der Waals surface area contributed by atoms with Gasteiger partial charge in [0.1, 0.15) is 9.47 Å². The molecule has 19 heavy (non-hydrogen) atoms. The summed E-state index contributed by atoms with van der Waals surface area (Å²) in [5.74, 6) is 0. The molecule has 0 atom stereocenters. The minimum absolute atomic E-state index is 0.539. The van der Waals surface area contributed by atoms with Crippen molar-refractivity contribution in [2.75, 3.05) is 0 Å². The fourth-order valence-corrected chi connectivity index (χ4v) is 3.69. The van der Waals surface area contributed by atoms with Crippen LogP contribution in [0.25, 0.3) is 21.3 Å². The topological polar surface area (TPSA) is 28.7 Å². The van der Waals surface area contributed by atoms with Gasteiger partial charge in [-0.05, 0) is 24.6 Å². The van der Waals surface area contributed by atoms with Crippen LogP contribution < -0.4 is 0 Å². The van der Waals surface area contributed by atoms with Gasteiger partial charge in [-0.15, -0.1) is 11.3 Å². The van der Waals surface area contributed by atoms with E-state index >= 15 is 0 Å². The number of nitrogens with zero attached hydrogens (tertiary/aromatic N) is 1. The van der Waals surface area contributed by atoms with E-state index in [9.17, 15) is 0 Å². The molecule has 6 heteroatoms. The Labute approximate surface area is 129 Å². The first-order valence-electron chi connectivity index (χ1n) is 5.50. The number of aromatic amines is 1. The molecule has 0 aliphatic rings. The van der Waals surface area contributed by atoms with E-state index in [0.29, 0.717) is 14.7 Å². The zero-order valence-electron chi connectivity index (χ0n) is 9.83. The summed E-state index contributed by atoms with van der Waals surface area (Å²) in [6.07, 6.45) is 1.62. The van der Waals surface area contributed by atoms with Gasteiger partial charge in [-0.2, -0.15) is 0 Å². The van der Waals surface area contributed by atoms with Gasteiger partial charge in [0.25, 0.3) is 0 Å². The van der Waals surface area contributed by atoms with Crippen LogP contribution in [0, 0.1) is 11.6 Å². The summed E-state index contributed by atoms with van der Waals surface area (Å²) in [4.78, 5) is 9.39. The van der Waals surface area contributed by atoms with Crippen LogP contribution in [0.2, 0.25) is 10.0 Å². The van der Waals surface area contributed by atoms with Gasteiger partial charge >= 0.3 is 0 Å². The van der Waals surface area contributed by atoms with Gasteiger partial charge < -0.3 is 4.98 Å². The van der Waals surface area contributed by atoms with Gasteiger partial charge in [-0.25, -0.2) is 4.98 Å². The Morgan fingerprint density at radius 2 is 2.05 bits per heavy atom. The summed E-state index contributed by atoms with van der Waals surface area (Å²) in [5, 5.41) is 2.06. The van der Waals surface area contributed by atoms with Crippen LogP contribution >= 0.6 is 46.8 Å². The smallest absolute Gasteiger partial charge is 0.128 e. The van der Waals surface area contributed by atoms with Crippen molar-refractivity contribution in [1.29, 1.82) is 0 Å². The minimum Gasteiger partial charge on any atom is -0.337 e. The lowest BCUT2D eigenvalue weighted by atomic mass is 10.0. The predicted molar refractivity (Wildman–Crippen MR) is 85.0 cm³/mol. The summed E-state index contributed by atoms with van der Waals surface area (Å²) >= 11 is 19.0. The molecule has 3 aromatic rings. The quantitative estimate of drug-likeness (QED) is 0.586. The number of hydrogen-bond donors (Lipinski definition) is 1. The average molecular weight is 327 g/mol. The first kappa shape index (κ1) is 13.1. The molecule has 1 N–H and O–H groups in total. The molecule has 0 aliphatic heterocycles. The summed E-state index contributed by atoms with van der Waals surface area (Å²) in [6, 6.07) is 5.61. The zero-order chi connectivity index (χ0) is 13.6. The Morgan fingerprint density at radius 3 is 2.79 bits per heavy atom. The average Bonchev–Trinajstić information content (AvgIpc) is 2.70. The number of halogens is 2. The molecule has 0 amide bonds. The SMILES string of the molecule is Cc1sc2nc[nH]c(=S)c2c1-c1ccc(Cl)c(Cl)c1. The summed E-state index contributed by atoms with van der Waals surface area (Å²) < 4.78 is 0.690. The molecule has 3 rings (SSSR count). The fraction of sp³-hybridized carbons (Fsp3) is 0.0769. The molecule has 2 heterocycles. The monoisotopic (exact) mass is 326 g/mol. The Balaban J connectivity index is 2.39. The summed E-state index contributed by atoms with van der Waals surface area (Å²) in [6.45, 7) is 2.05. The van der Waals surface area contributed by atoms with Crippen LogP contribution in [0.15, 0.2) is 24.5 Å². The van der Waals surface area contributed by atoms with Crippen LogP contribution in [-0.2, 0) is 0 Å². The lowest BCUT2D eigenvalue weighted by Crippen LogP contribution is -1.83. The van der Waals surface area contributed by atoms with Crippen LogP contribution in [0.4, 0.5) is 0 Å². The number of benzene rings is 1. The van der Waals surface area contributed by atoms with E-state index in [1.54, 1.807) is 23.7 Å². The summed E-state index contributed by atoms with van der Waals surface area (Å²) in [7, 11) is 0. The van der Waals surface area contributed by atoms with Gasteiger partial charge in [0.2, 0.25) is 0 Å². The van der Waals surface area contributed by atoms with Crippen molar-refractivity contribution in [1.82, 2.24) is 9.97 Å². The second-order valence-corrected chi connectivity index (χ2v) is 6.50. The number of aromatic nitrogens is 2. The third kappa shape index (κ3) is 2.19. The molecule has 1 aromatic carbocycles. The van der Waals surface area contributed by atoms with Crippen LogP contribution in [0.5, 0.6) is 0 Å². The Morgan fingerprint density at radius 1 is 1.26 bits per heavy atom. The van der Waals surface area contributed by atoms with E-state index in [1.165, 1.54) is 0 Å². The molecule has 0 saturated heterocycles. The van der Waals surface area contributed by atoms with E-state index < -0.39 is 0 Å². The second-order valence-electron chi connectivity index (χ2n) is 4.07. The fourth-order valence-electron chi connectivity index (χ4n) is 2.05. The first-order chi connectivity index (χ1) is 9.08. The van der Waals surface area contributed by atoms with Crippen LogP contribution in [0.1, 0.15) is 4.88 Å². The number of rotatable bonds is 1. The van der Waals surface area contributed by atoms with Crippen molar-refractivity contribution >= 4 is 57.0 Å². The highest BCUT2D eigenvalue weighted by atomic mass is 35.5. The Bertz CT molecular complexity index is 836. The first-order valence-corrected chi connectivity index (χ1v) is 7.48. The van der Waals surface area contributed by atoms with E-state index in [-0.39, 0.29) is 0 Å². The van der Waals surface area contributed by atoms with E-state index in [2.05, 4.69) is 16.9 Å². The Hall–Kier alpha value is -0.940. The molecule has 96 valence electrons. The molecule has 0 aliphatic carbocycles. The van der Waals surface area contributed by atoms with Gasteiger partial charge in [0.15, 0.2) is 0 Å². The van der Waals surface area contributed by atoms with Crippen LogP contribution in [0.3, 0.4) is 0 Å². The number of nitrogens with one attached hydrogen (secondary N) is 1. The van der Waals surface area contributed by atoms with Gasteiger partial charge in [0, 0.05) is 10.4 Å². The number of H-pyrrole nitrogens is 1. The lowest BCUT2D eigenvalue weighted by molar-refractivity contribution is 1.22. The number of hydrogen-bond acceptors (Lipinski definition) is 3. The largest absolute Gasteiger partial charge is 0.337 e. The number of thiophene rings is 1. The number of fused-ring (bicyclic) bond motifs is 1. The highest BCUT2D eigenvalue weighted by Gasteiger charge is 2.14.